The molecule has 0 aliphatic heterocycles. The van der Waals surface area contributed by atoms with Crippen LogP contribution in [0.3, 0.4) is 0 Å². The number of nitrogens with one attached hydrogen (secondary N) is 1. The molecule has 33 heavy (non-hydrogen) atoms. The minimum absolute atomic E-state index is 0.0464. The van der Waals surface area contributed by atoms with Crippen LogP contribution in [0.25, 0.3) is 0 Å². The highest BCUT2D eigenvalue weighted by atomic mass is 32.2. The summed E-state index contributed by atoms with van der Waals surface area (Å²) in [7, 11) is -5.00. The lowest BCUT2D eigenvalue weighted by molar-refractivity contribution is -0.0636. The zero-order valence-electron chi connectivity index (χ0n) is 16.3. The number of imide groups is 1. The van der Waals surface area contributed by atoms with Crippen molar-refractivity contribution in [3.8, 4) is 0 Å². The minimum Gasteiger partial charge on any atom is -0.364 e. The Labute approximate surface area is 181 Å². The van der Waals surface area contributed by atoms with Crippen molar-refractivity contribution in [2.75, 3.05) is 18.7 Å². The average Bonchev–Trinajstić information content (AvgIpc) is 2.71. The molecule has 180 valence electrons. The van der Waals surface area contributed by atoms with Crippen molar-refractivity contribution in [2.45, 2.75) is 16.6 Å². The fourth-order valence-corrected chi connectivity index (χ4v) is 3.51. The number of urea groups is 1. The zero-order chi connectivity index (χ0) is 25.1. The number of methoxy groups -OCH3 is 1. The standard InChI is InChI=1S/C18H13F7N2O5S/c1-32-8-27(17(29)26-15(28)14-10(19)3-2-4-11(14)20)13-6-5-9(7-12(13)21)33(30,31)18(24,25)16(22)23/h2-7,16H,8H2,1H3,(H,26,28,29). The van der Waals surface area contributed by atoms with Crippen LogP contribution >= 0.6 is 0 Å². The Bertz CT molecular complexity index is 1150. The van der Waals surface area contributed by atoms with Crippen LogP contribution in [0.4, 0.5) is 41.2 Å². The van der Waals surface area contributed by atoms with Gasteiger partial charge in [0.1, 0.15) is 29.7 Å². The van der Waals surface area contributed by atoms with Crippen LogP contribution in [0.15, 0.2) is 41.3 Å². The van der Waals surface area contributed by atoms with Gasteiger partial charge < -0.3 is 4.74 Å². The van der Waals surface area contributed by atoms with Crippen LogP contribution in [0.1, 0.15) is 10.4 Å². The Kier molecular flexibility index (Phi) is 7.69. The molecule has 0 unspecified atom stereocenters. The number of hydrogen-bond acceptors (Lipinski definition) is 5. The van der Waals surface area contributed by atoms with E-state index in [9.17, 15) is 48.7 Å². The number of ether oxygens (including phenoxy) is 1. The molecule has 0 saturated heterocycles. The predicted molar refractivity (Wildman–Crippen MR) is 98.1 cm³/mol. The third-order valence-corrected chi connectivity index (χ3v) is 5.82. The molecule has 0 aliphatic carbocycles. The van der Waals surface area contributed by atoms with E-state index in [1.807, 2.05) is 0 Å². The second-order valence-corrected chi connectivity index (χ2v) is 8.20. The molecule has 0 radical (unpaired) electrons. The first kappa shape index (κ1) is 26.1. The Morgan fingerprint density at radius 1 is 1.06 bits per heavy atom. The van der Waals surface area contributed by atoms with Crippen molar-refractivity contribution in [2.24, 2.45) is 0 Å². The summed E-state index contributed by atoms with van der Waals surface area (Å²) in [4.78, 5) is 23.3. The van der Waals surface area contributed by atoms with Gasteiger partial charge >= 0.3 is 17.7 Å². The second-order valence-electron chi connectivity index (χ2n) is 6.18. The van der Waals surface area contributed by atoms with E-state index < -0.39 is 73.8 Å². The highest BCUT2D eigenvalue weighted by Gasteiger charge is 2.54. The third kappa shape index (κ3) is 5.08. The van der Waals surface area contributed by atoms with Gasteiger partial charge in [-0.1, -0.05) is 6.07 Å². The highest BCUT2D eigenvalue weighted by Crippen LogP contribution is 2.36. The highest BCUT2D eigenvalue weighted by molar-refractivity contribution is 7.92. The molecule has 0 fully saturated rings. The summed E-state index contributed by atoms with van der Waals surface area (Å²) in [6, 6.07) is 1.64. The summed E-state index contributed by atoms with van der Waals surface area (Å²) in [5, 5.41) is -3.97. The number of sulfone groups is 1. The maximum atomic E-state index is 14.5. The molecule has 7 nitrogen and oxygen atoms in total. The minimum atomic E-state index is -6.01. The van der Waals surface area contributed by atoms with Gasteiger partial charge in [-0.2, -0.15) is 8.78 Å². The number of benzene rings is 2. The predicted octanol–water partition coefficient (Wildman–Crippen LogP) is 3.70. The molecule has 0 atom stereocenters. The molecule has 0 saturated carbocycles. The number of amides is 3. The first-order valence-corrected chi connectivity index (χ1v) is 10.00. The van der Waals surface area contributed by atoms with E-state index in [0.29, 0.717) is 17.0 Å². The number of alkyl halides is 4. The van der Waals surface area contributed by atoms with Crippen LogP contribution in [0, 0.1) is 17.5 Å². The van der Waals surface area contributed by atoms with Gasteiger partial charge in [0.05, 0.1) is 10.6 Å². The van der Waals surface area contributed by atoms with Crippen molar-refractivity contribution in [1.82, 2.24) is 5.32 Å². The van der Waals surface area contributed by atoms with Gasteiger partial charge in [-0.15, -0.1) is 0 Å². The molecular weight excluding hydrogens is 489 g/mol. The monoisotopic (exact) mass is 502 g/mol. The quantitative estimate of drug-likeness (QED) is 0.461. The number of halogens is 7. The SMILES string of the molecule is COCN(C(=O)NC(=O)c1c(F)cccc1F)c1ccc(S(=O)(=O)C(F)(F)C(F)F)cc1F. The van der Waals surface area contributed by atoms with E-state index in [1.54, 1.807) is 5.32 Å². The van der Waals surface area contributed by atoms with E-state index in [2.05, 4.69) is 4.74 Å². The van der Waals surface area contributed by atoms with E-state index >= 15 is 0 Å². The van der Waals surface area contributed by atoms with Gasteiger partial charge in [0.15, 0.2) is 0 Å². The summed E-state index contributed by atoms with van der Waals surface area (Å²) >= 11 is 0. The van der Waals surface area contributed by atoms with Gasteiger partial charge in [0, 0.05) is 7.11 Å². The topological polar surface area (TPSA) is 92.8 Å². The molecule has 1 N–H and O–H groups in total. The molecule has 0 bridgehead atoms. The number of nitrogens with zero attached hydrogens (tertiary/aromatic N) is 1. The van der Waals surface area contributed by atoms with Crippen molar-refractivity contribution in [3.63, 3.8) is 0 Å². The largest absolute Gasteiger partial charge is 0.408 e. The van der Waals surface area contributed by atoms with E-state index in [4.69, 9.17) is 0 Å². The molecule has 0 aromatic heterocycles. The zero-order valence-corrected chi connectivity index (χ0v) is 17.1. The van der Waals surface area contributed by atoms with Gasteiger partial charge in [0.25, 0.3) is 5.91 Å². The Balaban J connectivity index is 2.39. The molecule has 3 amide bonds. The lowest BCUT2D eigenvalue weighted by Crippen LogP contribution is -2.44. The molecule has 0 aliphatic rings. The van der Waals surface area contributed by atoms with Crippen molar-refractivity contribution in [3.05, 3.63) is 59.4 Å². The fraction of sp³-hybridized carbons (Fsp3) is 0.222. The van der Waals surface area contributed by atoms with Gasteiger partial charge in [-0.05, 0) is 30.3 Å². The molecule has 0 spiro atoms. The summed E-state index contributed by atoms with van der Waals surface area (Å²) < 4.78 is 122. The molecule has 15 heteroatoms. The lowest BCUT2D eigenvalue weighted by Gasteiger charge is -2.23. The molecule has 0 heterocycles. The number of anilines is 1. The summed E-state index contributed by atoms with van der Waals surface area (Å²) in [5.74, 6) is -5.86. The number of carbonyl (C=O) groups excluding carboxylic acids is 2. The van der Waals surface area contributed by atoms with Crippen LogP contribution < -0.4 is 10.2 Å². The number of hydrogen-bond donors (Lipinski definition) is 1. The first-order valence-electron chi connectivity index (χ1n) is 8.51. The fourth-order valence-electron chi connectivity index (χ4n) is 2.46. The molecule has 2 rings (SSSR count). The maximum Gasteiger partial charge on any atom is 0.408 e. The van der Waals surface area contributed by atoms with E-state index in [1.165, 1.54) is 0 Å². The average molecular weight is 502 g/mol. The Hall–Kier alpha value is -3.20. The van der Waals surface area contributed by atoms with Crippen molar-refractivity contribution < 1.29 is 53.5 Å². The van der Waals surface area contributed by atoms with Crippen LogP contribution in [-0.4, -0.2) is 45.9 Å². The van der Waals surface area contributed by atoms with E-state index in [-0.39, 0.29) is 6.07 Å². The lowest BCUT2D eigenvalue weighted by atomic mass is 10.2. The van der Waals surface area contributed by atoms with Crippen molar-refractivity contribution in [1.29, 1.82) is 0 Å². The number of rotatable bonds is 7. The third-order valence-electron chi connectivity index (χ3n) is 4.05. The van der Waals surface area contributed by atoms with Crippen molar-refractivity contribution >= 4 is 27.5 Å². The smallest absolute Gasteiger partial charge is 0.364 e. The van der Waals surface area contributed by atoms with Crippen LogP contribution in [0.2, 0.25) is 0 Å². The summed E-state index contributed by atoms with van der Waals surface area (Å²) in [6.07, 6.45) is -4.61. The summed E-state index contributed by atoms with van der Waals surface area (Å²) in [5.41, 5.74) is -1.98. The summed E-state index contributed by atoms with van der Waals surface area (Å²) in [6.45, 7) is -0.810. The molecule has 2 aromatic carbocycles. The molecular formula is C18H13F7N2O5S. The normalized spacial score (nSPS) is 12.0. The number of carbonyl (C=O) groups is 2. The Morgan fingerprint density at radius 3 is 2.12 bits per heavy atom. The second kappa shape index (κ2) is 9.74. The first-order chi connectivity index (χ1) is 15.3. The van der Waals surface area contributed by atoms with Crippen LogP contribution in [-0.2, 0) is 14.6 Å². The maximum absolute atomic E-state index is 14.5. The van der Waals surface area contributed by atoms with Crippen LogP contribution in [0.5, 0.6) is 0 Å². The van der Waals surface area contributed by atoms with E-state index in [0.717, 1.165) is 25.3 Å². The van der Waals surface area contributed by atoms with Gasteiger partial charge in [-0.3, -0.25) is 15.0 Å². The van der Waals surface area contributed by atoms with Gasteiger partial charge in [0.2, 0.25) is 9.84 Å². The Morgan fingerprint density at radius 2 is 1.64 bits per heavy atom. The molecule has 2 aromatic rings. The van der Waals surface area contributed by atoms with Gasteiger partial charge in [-0.25, -0.2) is 35.2 Å².